The van der Waals surface area contributed by atoms with E-state index in [0.717, 1.165) is 21.9 Å². The lowest BCUT2D eigenvalue weighted by Crippen LogP contribution is -2.15. The van der Waals surface area contributed by atoms with Gasteiger partial charge in [0.2, 0.25) is 5.91 Å². The average molecular weight is 431 g/mol. The van der Waals surface area contributed by atoms with Crippen LogP contribution in [0.5, 0.6) is 0 Å². The molecule has 156 valence electrons. The molecule has 6 heteroatoms. The van der Waals surface area contributed by atoms with Crippen molar-refractivity contribution in [3.63, 3.8) is 0 Å². The Morgan fingerprint density at radius 1 is 0.774 bits per heavy atom. The van der Waals surface area contributed by atoms with E-state index in [2.05, 4.69) is 10.0 Å². The number of hydrogen-bond donors (Lipinski definition) is 2. The number of sulfonamides is 1. The third-order valence-corrected chi connectivity index (χ3v) is 6.38. The van der Waals surface area contributed by atoms with Gasteiger partial charge in [0.15, 0.2) is 0 Å². The van der Waals surface area contributed by atoms with Crippen LogP contribution in [0.15, 0.2) is 95.9 Å². The Labute approximate surface area is 181 Å². The first kappa shape index (κ1) is 20.6. The van der Waals surface area contributed by atoms with Gasteiger partial charge in [-0.2, -0.15) is 0 Å². The minimum Gasteiger partial charge on any atom is -0.326 e. The molecule has 2 N–H and O–H groups in total. The van der Waals surface area contributed by atoms with E-state index in [1.54, 1.807) is 48.5 Å². The van der Waals surface area contributed by atoms with Crippen LogP contribution in [0.2, 0.25) is 0 Å². The van der Waals surface area contributed by atoms with Gasteiger partial charge in [0, 0.05) is 11.4 Å². The van der Waals surface area contributed by atoms with Gasteiger partial charge in [0.25, 0.3) is 10.0 Å². The molecule has 0 radical (unpaired) electrons. The first-order valence-corrected chi connectivity index (χ1v) is 11.4. The summed E-state index contributed by atoms with van der Waals surface area (Å²) in [5.41, 5.74) is 2.97. The molecule has 0 spiro atoms. The van der Waals surface area contributed by atoms with E-state index < -0.39 is 10.0 Å². The van der Waals surface area contributed by atoms with Crippen LogP contribution in [0, 0.1) is 6.92 Å². The molecule has 0 saturated carbocycles. The van der Waals surface area contributed by atoms with Crippen LogP contribution in [0.3, 0.4) is 0 Å². The lowest BCUT2D eigenvalue weighted by Gasteiger charge is -2.10. The van der Waals surface area contributed by atoms with E-state index >= 15 is 0 Å². The summed E-state index contributed by atoms with van der Waals surface area (Å²) in [6, 6.07) is 27.1. The fourth-order valence-electron chi connectivity index (χ4n) is 3.38. The van der Waals surface area contributed by atoms with Crippen LogP contribution in [0.25, 0.3) is 10.8 Å². The maximum absolute atomic E-state index is 12.5. The zero-order chi connectivity index (χ0) is 21.8. The fraction of sp³-hybridized carbons (Fsp3) is 0.0800. The van der Waals surface area contributed by atoms with E-state index in [1.807, 2.05) is 49.4 Å². The molecule has 4 rings (SSSR count). The van der Waals surface area contributed by atoms with Crippen molar-refractivity contribution in [1.29, 1.82) is 0 Å². The average Bonchev–Trinajstić information content (AvgIpc) is 2.75. The van der Waals surface area contributed by atoms with Crippen molar-refractivity contribution >= 4 is 38.1 Å². The zero-order valence-corrected chi connectivity index (χ0v) is 17.8. The molecular weight excluding hydrogens is 408 g/mol. The minimum absolute atomic E-state index is 0.135. The Morgan fingerprint density at radius 2 is 1.42 bits per heavy atom. The van der Waals surface area contributed by atoms with Gasteiger partial charge >= 0.3 is 0 Å². The van der Waals surface area contributed by atoms with Gasteiger partial charge in [0.05, 0.1) is 11.3 Å². The molecular formula is C25H22N2O3S. The predicted molar refractivity (Wildman–Crippen MR) is 125 cm³/mol. The van der Waals surface area contributed by atoms with E-state index in [4.69, 9.17) is 0 Å². The highest BCUT2D eigenvalue weighted by Gasteiger charge is 2.14. The van der Waals surface area contributed by atoms with Gasteiger partial charge in [0.1, 0.15) is 0 Å². The Bertz CT molecular complexity index is 1320. The molecule has 31 heavy (non-hydrogen) atoms. The van der Waals surface area contributed by atoms with Gasteiger partial charge in [-0.3, -0.25) is 9.52 Å². The molecule has 4 aromatic rings. The number of nitrogens with one attached hydrogen (secondary N) is 2. The second-order valence-electron chi connectivity index (χ2n) is 7.36. The molecule has 0 aliphatic carbocycles. The number of aryl methyl sites for hydroxylation is 1. The number of carbonyl (C=O) groups excluding carboxylic acids is 1. The molecule has 0 aliphatic rings. The molecule has 0 saturated heterocycles. The monoisotopic (exact) mass is 430 g/mol. The van der Waals surface area contributed by atoms with Crippen LogP contribution >= 0.6 is 0 Å². The van der Waals surface area contributed by atoms with Crippen LogP contribution in [-0.4, -0.2) is 14.3 Å². The van der Waals surface area contributed by atoms with Crippen molar-refractivity contribution in [3.05, 3.63) is 102 Å². The van der Waals surface area contributed by atoms with Crippen LogP contribution in [-0.2, 0) is 21.2 Å². The number of amides is 1. The lowest BCUT2D eigenvalue weighted by atomic mass is 10.0. The quantitative estimate of drug-likeness (QED) is 0.445. The Morgan fingerprint density at radius 3 is 2.16 bits per heavy atom. The molecule has 4 aromatic carbocycles. The van der Waals surface area contributed by atoms with E-state index in [-0.39, 0.29) is 17.2 Å². The number of anilines is 2. The maximum atomic E-state index is 12.5. The number of hydrogen-bond acceptors (Lipinski definition) is 3. The smallest absolute Gasteiger partial charge is 0.261 e. The predicted octanol–water partition coefficient (Wildman–Crippen LogP) is 5.13. The van der Waals surface area contributed by atoms with Gasteiger partial charge in [-0.25, -0.2) is 8.42 Å². The summed E-state index contributed by atoms with van der Waals surface area (Å²) in [6.07, 6.45) is 0.253. The molecule has 0 heterocycles. The third-order valence-electron chi connectivity index (χ3n) is 4.98. The highest BCUT2D eigenvalue weighted by atomic mass is 32.2. The van der Waals surface area contributed by atoms with Gasteiger partial charge in [-0.05, 0) is 59.7 Å². The zero-order valence-electron chi connectivity index (χ0n) is 17.0. The number of fused-ring (bicyclic) bond motifs is 1. The normalized spacial score (nSPS) is 11.3. The molecule has 0 bridgehead atoms. The van der Waals surface area contributed by atoms with Gasteiger partial charge in [-0.1, -0.05) is 60.2 Å². The largest absolute Gasteiger partial charge is 0.326 e. The maximum Gasteiger partial charge on any atom is 0.261 e. The summed E-state index contributed by atoms with van der Waals surface area (Å²) in [7, 11) is -3.66. The van der Waals surface area contributed by atoms with Crippen molar-refractivity contribution in [3.8, 4) is 0 Å². The minimum atomic E-state index is -3.66. The van der Waals surface area contributed by atoms with Crippen LogP contribution < -0.4 is 10.0 Å². The molecule has 0 aromatic heterocycles. The number of carbonyl (C=O) groups is 1. The SMILES string of the molecule is Cc1ccc(S(=O)(=O)Nc2ccc(NC(=O)Cc3cccc4ccccc34)cc2)cc1. The molecule has 0 aliphatic heterocycles. The highest BCUT2D eigenvalue weighted by molar-refractivity contribution is 7.92. The Hall–Kier alpha value is -3.64. The second-order valence-corrected chi connectivity index (χ2v) is 9.04. The first-order valence-electron chi connectivity index (χ1n) is 9.87. The van der Waals surface area contributed by atoms with Gasteiger partial charge in [-0.15, -0.1) is 0 Å². The standard InChI is InChI=1S/C25H22N2O3S/c1-18-9-15-23(16-10-18)31(29,30)27-22-13-11-21(12-14-22)26-25(28)17-20-7-4-6-19-5-2-3-8-24(19)20/h2-16,27H,17H2,1H3,(H,26,28). The van der Waals surface area contributed by atoms with Crippen molar-refractivity contribution in [2.45, 2.75) is 18.2 Å². The molecule has 0 atom stereocenters. The van der Waals surface area contributed by atoms with Gasteiger partial charge < -0.3 is 5.32 Å². The summed E-state index contributed by atoms with van der Waals surface area (Å²) in [5, 5.41) is 5.02. The van der Waals surface area contributed by atoms with E-state index in [0.29, 0.717) is 11.4 Å². The first-order chi connectivity index (χ1) is 14.9. The summed E-state index contributed by atoms with van der Waals surface area (Å²) >= 11 is 0. The fourth-order valence-corrected chi connectivity index (χ4v) is 4.44. The van der Waals surface area contributed by atoms with Crippen LogP contribution in [0.1, 0.15) is 11.1 Å². The summed E-state index contributed by atoms with van der Waals surface area (Å²) in [4.78, 5) is 12.7. The summed E-state index contributed by atoms with van der Waals surface area (Å²) in [5.74, 6) is -0.135. The van der Waals surface area contributed by atoms with E-state index in [1.165, 1.54) is 0 Å². The second kappa shape index (κ2) is 8.62. The van der Waals surface area contributed by atoms with Crippen molar-refractivity contribution < 1.29 is 13.2 Å². The highest BCUT2D eigenvalue weighted by Crippen LogP contribution is 2.21. The number of rotatable bonds is 6. The van der Waals surface area contributed by atoms with Crippen molar-refractivity contribution in [1.82, 2.24) is 0 Å². The summed E-state index contributed by atoms with van der Waals surface area (Å²) < 4.78 is 27.6. The van der Waals surface area contributed by atoms with Crippen LogP contribution in [0.4, 0.5) is 11.4 Å². The molecule has 5 nitrogen and oxygen atoms in total. The van der Waals surface area contributed by atoms with Crippen molar-refractivity contribution in [2.75, 3.05) is 10.0 Å². The third kappa shape index (κ3) is 4.92. The Balaban J connectivity index is 1.42. The van der Waals surface area contributed by atoms with E-state index in [9.17, 15) is 13.2 Å². The molecule has 0 unspecified atom stereocenters. The van der Waals surface area contributed by atoms with Crippen molar-refractivity contribution in [2.24, 2.45) is 0 Å². The topological polar surface area (TPSA) is 75.3 Å². The Kier molecular flexibility index (Phi) is 5.73. The molecule has 1 amide bonds. The number of benzene rings is 4. The molecule has 0 fully saturated rings. The lowest BCUT2D eigenvalue weighted by molar-refractivity contribution is -0.115. The summed E-state index contributed by atoms with van der Waals surface area (Å²) in [6.45, 7) is 1.90.